The van der Waals surface area contributed by atoms with E-state index in [2.05, 4.69) is 15.6 Å². The highest BCUT2D eigenvalue weighted by Gasteiger charge is 2.04. The van der Waals surface area contributed by atoms with Crippen LogP contribution in [0.15, 0.2) is 17.4 Å². The maximum absolute atomic E-state index is 8.41. The van der Waals surface area contributed by atoms with Gasteiger partial charge >= 0.3 is 0 Å². The molecule has 4 N–H and O–H groups in total. The van der Waals surface area contributed by atoms with E-state index in [0.29, 0.717) is 6.42 Å². The van der Waals surface area contributed by atoms with Gasteiger partial charge in [-0.05, 0) is 13.0 Å². The standard InChI is InChI=1S/C10H19N5O/c1-8(7-10(11)14-16)12-5-3-9-4-6-15(2)13-9/h4,6,8,12,16H,3,5,7H2,1-2H3,(H2,11,14). The van der Waals surface area contributed by atoms with Gasteiger partial charge in [-0.15, -0.1) is 0 Å². The van der Waals surface area contributed by atoms with Gasteiger partial charge in [0.1, 0.15) is 5.84 Å². The fourth-order valence-electron chi connectivity index (χ4n) is 1.47. The Morgan fingerprint density at radius 1 is 1.75 bits per heavy atom. The molecule has 0 bridgehead atoms. The van der Waals surface area contributed by atoms with Gasteiger partial charge in [-0.25, -0.2) is 0 Å². The Morgan fingerprint density at radius 3 is 3.06 bits per heavy atom. The first kappa shape index (κ1) is 12.5. The molecule has 1 aromatic rings. The van der Waals surface area contributed by atoms with Crippen LogP contribution in [0.25, 0.3) is 0 Å². The number of aryl methyl sites for hydroxylation is 1. The molecule has 0 spiro atoms. The minimum Gasteiger partial charge on any atom is -0.409 e. The number of hydrogen-bond acceptors (Lipinski definition) is 4. The van der Waals surface area contributed by atoms with Crippen molar-refractivity contribution in [2.45, 2.75) is 25.8 Å². The Labute approximate surface area is 95.1 Å². The minimum absolute atomic E-state index is 0.194. The molecule has 0 aliphatic carbocycles. The molecule has 0 radical (unpaired) electrons. The number of rotatable bonds is 6. The monoisotopic (exact) mass is 225 g/mol. The van der Waals surface area contributed by atoms with Gasteiger partial charge in [-0.3, -0.25) is 4.68 Å². The first-order valence-electron chi connectivity index (χ1n) is 5.30. The van der Waals surface area contributed by atoms with Crippen LogP contribution in [-0.2, 0) is 13.5 Å². The predicted octanol–water partition coefficient (Wildman–Crippen LogP) is 0.0772. The summed E-state index contributed by atoms with van der Waals surface area (Å²) in [5.41, 5.74) is 6.47. The summed E-state index contributed by atoms with van der Waals surface area (Å²) in [6, 6.07) is 2.19. The molecule has 1 rings (SSSR count). The molecule has 90 valence electrons. The third-order valence-corrected chi connectivity index (χ3v) is 2.29. The molecule has 0 aliphatic heterocycles. The molecule has 1 heterocycles. The minimum atomic E-state index is 0.194. The normalized spacial score (nSPS) is 14.0. The van der Waals surface area contributed by atoms with Gasteiger partial charge in [-0.1, -0.05) is 5.16 Å². The molecule has 0 saturated heterocycles. The Kier molecular flexibility index (Phi) is 4.78. The number of nitrogens with two attached hydrogens (primary N) is 1. The van der Waals surface area contributed by atoms with E-state index in [1.807, 2.05) is 26.2 Å². The van der Waals surface area contributed by atoms with Crippen LogP contribution in [0.1, 0.15) is 19.0 Å². The van der Waals surface area contributed by atoms with Gasteiger partial charge in [0.05, 0.1) is 5.69 Å². The molecule has 0 fully saturated rings. The van der Waals surface area contributed by atoms with E-state index in [1.54, 1.807) is 4.68 Å². The maximum atomic E-state index is 8.41. The first-order valence-corrected chi connectivity index (χ1v) is 5.30. The topological polar surface area (TPSA) is 88.5 Å². The zero-order chi connectivity index (χ0) is 12.0. The molecular formula is C10H19N5O. The van der Waals surface area contributed by atoms with Crippen LogP contribution in [0.3, 0.4) is 0 Å². The van der Waals surface area contributed by atoms with Crippen LogP contribution in [0.5, 0.6) is 0 Å². The quantitative estimate of drug-likeness (QED) is 0.277. The number of oxime groups is 1. The van der Waals surface area contributed by atoms with Crippen molar-refractivity contribution in [1.29, 1.82) is 0 Å². The van der Waals surface area contributed by atoms with Gasteiger partial charge in [-0.2, -0.15) is 5.10 Å². The third kappa shape index (κ3) is 4.31. The highest BCUT2D eigenvalue weighted by atomic mass is 16.4. The second-order valence-electron chi connectivity index (χ2n) is 3.88. The summed E-state index contributed by atoms with van der Waals surface area (Å²) in [4.78, 5) is 0. The molecule has 6 nitrogen and oxygen atoms in total. The lowest BCUT2D eigenvalue weighted by molar-refractivity contribution is 0.316. The zero-order valence-electron chi connectivity index (χ0n) is 9.72. The summed E-state index contributed by atoms with van der Waals surface area (Å²) < 4.78 is 1.79. The molecule has 1 atom stereocenters. The molecule has 1 unspecified atom stereocenters. The van der Waals surface area contributed by atoms with Crippen molar-refractivity contribution in [3.05, 3.63) is 18.0 Å². The van der Waals surface area contributed by atoms with Gasteiger partial charge < -0.3 is 16.3 Å². The van der Waals surface area contributed by atoms with Gasteiger partial charge in [0.15, 0.2) is 0 Å². The van der Waals surface area contributed by atoms with Crippen LogP contribution in [-0.4, -0.2) is 33.4 Å². The molecule has 0 amide bonds. The number of nitrogens with one attached hydrogen (secondary N) is 1. The van der Waals surface area contributed by atoms with Crippen LogP contribution in [0.2, 0.25) is 0 Å². The van der Waals surface area contributed by atoms with E-state index in [0.717, 1.165) is 18.7 Å². The van der Waals surface area contributed by atoms with Gasteiger partial charge in [0.2, 0.25) is 0 Å². The van der Waals surface area contributed by atoms with Crippen molar-refractivity contribution >= 4 is 5.84 Å². The van der Waals surface area contributed by atoms with E-state index >= 15 is 0 Å². The Morgan fingerprint density at radius 2 is 2.50 bits per heavy atom. The highest BCUT2D eigenvalue weighted by molar-refractivity contribution is 5.80. The lowest BCUT2D eigenvalue weighted by Gasteiger charge is -2.11. The fraction of sp³-hybridized carbons (Fsp3) is 0.600. The van der Waals surface area contributed by atoms with E-state index in [1.165, 1.54) is 0 Å². The second kappa shape index (κ2) is 6.12. The zero-order valence-corrected chi connectivity index (χ0v) is 9.72. The summed E-state index contributed by atoms with van der Waals surface area (Å²) in [6.45, 7) is 2.83. The van der Waals surface area contributed by atoms with Gasteiger partial charge in [0.25, 0.3) is 0 Å². The molecule has 0 aliphatic rings. The van der Waals surface area contributed by atoms with Crippen molar-refractivity contribution in [3.8, 4) is 0 Å². The predicted molar refractivity (Wildman–Crippen MR) is 62.4 cm³/mol. The van der Waals surface area contributed by atoms with Gasteiger partial charge in [0, 0.05) is 38.7 Å². The lowest BCUT2D eigenvalue weighted by atomic mass is 10.2. The Bertz CT molecular complexity index is 347. The van der Waals surface area contributed by atoms with E-state index in [-0.39, 0.29) is 11.9 Å². The largest absolute Gasteiger partial charge is 0.409 e. The number of aromatic nitrogens is 2. The number of nitrogens with zero attached hydrogens (tertiary/aromatic N) is 3. The van der Waals surface area contributed by atoms with Crippen molar-refractivity contribution in [1.82, 2.24) is 15.1 Å². The van der Waals surface area contributed by atoms with Crippen molar-refractivity contribution in [2.75, 3.05) is 6.54 Å². The average molecular weight is 225 g/mol. The fourth-order valence-corrected chi connectivity index (χ4v) is 1.47. The number of hydrogen-bond donors (Lipinski definition) is 3. The third-order valence-electron chi connectivity index (χ3n) is 2.29. The van der Waals surface area contributed by atoms with Crippen LogP contribution >= 0.6 is 0 Å². The van der Waals surface area contributed by atoms with Crippen molar-refractivity contribution < 1.29 is 5.21 Å². The SMILES string of the molecule is CC(C/C(N)=N/O)NCCc1ccn(C)n1. The summed E-state index contributed by atoms with van der Waals surface area (Å²) in [6.07, 6.45) is 3.34. The van der Waals surface area contributed by atoms with E-state index < -0.39 is 0 Å². The van der Waals surface area contributed by atoms with Crippen LogP contribution < -0.4 is 11.1 Å². The summed E-state index contributed by atoms with van der Waals surface area (Å²) in [5.74, 6) is 0.248. The molecule has 6 heteroatoms. The van der Waals surface area contributed by atoms with Crippen molar-refractivity contribution in [3.63, 3.8) is 0 Å². The maximum Gasteiger partial charge on any atom is 0.140 e. The molecule has 0 aromatic carbocycles. The smallest absolute Gasteiger partial charge is 0.140 e. The first-order chi connectivity index (χ1) is 7.61. The van der Waals surface area contributed by atoms with Crippen LogP contribution in [0, 0.1) is 0 Å². The van der Waals surface area contributed by atoms with E-state index in [4.69, 9.17) is 10.9 Å². The summed E-state index contributed by atoms with van der Waals surface area (Å²) in [7, 11) is 1.90. The number of amidine groups is 1. The second-order valence-corrected chi connectivity index (χ2v) is 3.88. The Balaban J connectivity index is 2.20. The average Bonchev–Trinajstić information content (AvgIpc) is 2.64. The molecular weight excluding hydrogens is 206 g/mol. The Hall–Kier alpha value is -1.56. The lowest BCUT2D eigenvalue weighted by Crippen LogP contribution is -2.32. The molecule has 16 heavy (non-hydrogen) atoms. The molecule has 0 saturated carbocycles. The highest BCUT2D eigenvalue weighted by Crippen LogP contribution is 1.96. The van der Waals surface area contributed by atoms with Crippen LogP contribution in [0.4, 0.5) is 0 Å². The summed E-state index contributed by atoms with van der Waals surface area (Å²) in [5, 5.41) is 18.9. The van der Waals surface area contributed by atoms with E-state index in [9.17, 15) is 0 Å². The summed E-state index contributed by atoms with van der Waals surface area (Å²) >= 11 is 0. The molecule has 1 aromatic heterocycles. The van der Waals surface area contributed by atoms with Crippen molar-refractivity contribution in [2.24, 2.45) is 17.9 Å².